The summed E-state index contributed by atoms with van der Waals surface area (Å²) in [6.07, 6.45) is 5.58. The lowest BCUT2D eigenvalue weighted by Gasteiger charge is -2.14. The number of amides is 1. The van der Waals surface area contributed by atoms with Gasteiger partial charge < -0.3 is 10.1 Å². The van der Waals surface area contributed by atoms with Gasteiger partial charge in [-0.2, -0.15) is 5.10 Å². The summed E-state index contributed by atoms with van der Waals surface area (Å²) >= 11 is 5.77. The minimum Gasteiger partial charge on any atom is -0.376 e. The standard InChI is InChI=1S/C12H18ClN3O2/c1-9(7-16-8-10(13)5-15-16)12(17)14-6-11-3-2-4-18-11/h5,8-9,11H,2-4,6-7H2,1H3,(H,14,17)/t9-,11+/m1/s1. The first-order chi connectivity index (χ1) is 8.65. The Hall–Kier alpha value is -1.07. The average Bonchev–Trinajstić information content (AvgIpc) is 2.97. The van der Waals surface area contributed by atoms with Crippen LogP contribution in [0.15, 0.2) is 12.4 Å². The van der Waals surface area contributed by atoms with E-state index in [9.17, 15) is 4.79 Å². The Morgan fingerprint density at radius 1 is 1.78 bits per heavy atom. The van der Waals surface area contributed by atoms with Gasteiger partial charge >= 0.3 is 0 Å². The van der Waals surface area contributed by atoms with Crippen molar-refractivity contribution in [3.05, 3.63) is 17.4 Å². The van der Waals surface area contributed by atoms with Crippen LogP contribution in [-0.2, 0) is 16.1 Å². The summed E-state index contributed by atoms with van der Waals surface area (Å²) < 4.78 is 7.13. The Balaban J connectivity index is 1.74. The number of hydrogen-bond acceptors (Lipinski definition) is 3. The van der Waals surface area contributed by atoms with Gasteiger partial charge in [-0.1, -0.05) is 18.5 Å². The minimum atomic E-state index is -0.137. The molecular formula is C12H18ClN3O2. The zero-order chi connectivity index (χ0) is 13.0. The van der Waals surface area contributed by atoms with Crippen LogP contribution < -0.4 is 5.32 Å². The van der Waals surface area contributed by atoms with Crippen LogP contribution in [0, 0.1) is 5.92 Å². The maximum Gasteiger partial charge on any atom is 0.224 e. The fourth-order valence-corrected chi connectivity index (χ4v) is 2.15. The van der Waals surface area contributed by atoms with E-state index in [-0.39, 0.29) is 17.9 Å². The summed E-state index contributed by atoms with van der Waals surface area (Å²) in [6, 6.07) is 0. The molecule has 1 N–H and O–H groups in total. The smallest absolute Gasteiger partial charge is 0.224 e. The molecule has 0 spiro atoms. The van der Waals surface area contributed by atoms with Crippen LogP contribution in [0.25, 0.3) is 0 Å². The molecule has 0 radical (unpaired) electrons. The van der Waals surface area contributed by atoms with Crippen LogP contribution in [0.5, 0.6) is 0 Å². The van der Waals surface area contributed by atoms with E-state index in [1.807, 2.05) is 6.92 Å². The Labute approximate surface area is 111 Å². The predicted octanol–water partition coefficient (Wildman–Crippen LogP) is 1.47. The molecule has 0 aliphatic carbocycles. The lowest BCUT2D eigenvalue weighted by atomic mass is 10.1. The van der Waals surface area contributed by atoms with Crippen molar-refractivity contribution in [3.8, 4) is 0 Å². The highest BCUT2D eigenvalue weighted by atomic mass is 35.5. The molecule has 6 heteroatoms. The van der Waals surface area contributed by atoms with Crippen molar-refractivity contribution >= 4 is 17.5 Å². The third-order valence-corrected chi connectivity index (χ3v) is 3.23. The maximum atomic E-state index is 11.9. The highest BCUT2D eigenvalue weighted by molar-refractivity contribution is 6.30. The lowest BCUT2D eigenvalue weighted by Crippen LogP contribution is -2.36. The summed E-state index contributed by atoms with van der Waals surface area (Å²) in [5, 5.41) is 7.55. The van der Waals surface area contributed by atoms with Crippen LogP contribution in [0.1, 0.15) is 19.8 Å². The molecule has 18 heavy (non-hydrogen) atoms. The highest BCUT2D eigenvalue weighted by Gasteiger charge is 2.19. The van der Waals surface area contributed by atoms with Crippen molar-refractivity contribution in [1.29, 1.82) is 0 Å². The molecule has 1 amide bonds. The summed E-state index contributed by atoms with van der Waals surface area (Å²) in [4.78, 5) is 11.9. The summed E-state index contributed by atoms with van der Waals surface area (Å²) in [7, 11) is 0. The molecule has 1 aromatic rings. The van der Waals surface area contributed by atoms with Crippen molar-refractivity contribution in [2.45, 2.75) is 32.4 Å². The monoisotopic (exact) mass is 271 g/mol. The Kier molecular flexibility index (Phi) is 4.60. The number of hydrogen-bond donors (Lipinski definition) is 1. The molecular weight excluding hydrogens is 254 g/mol. The molecule has 0 saturated carbocycles. The van der Waals surface area contributed by atoms with Crippen LogP contribution in [0.2, 0.25) is 5.02 Å². The molecule has 1 aliphatic rings. The van der Waals surface area contributed by atoms with Crippen molar-refractivity contribution in [2.24, 2.45) is 5.92 Å². The summed E-state index contributed by atoms with van der Waals surface area (Å²) in [6.45, 7) is 3.81. The number of ether oxygens (including phenoxy) is 1. The van der Waals surface area contributed by atoms with Crippen LogP contribution >= 0.6 is 11.6 Å². The quantitative estimate of drug-likeness (QED) is 0.882. The fraction of sp³-hybridized carbons (Fsp3) is 0.667. The Morgan fingerprint density at radius 3 is 3.22 bits per heavy atom. The summed E-state index contributed by atoms with van der Waals surface area (Å²) in [5.74, 6) is -0.112. The molecule has 0 aromatic carbocycles. The van der Waals surface area contributed by atoms with Gasteiger partial charge in [-0.3, -0.25) is 9.48 Å². The molecule has 1 aromatic heterocycles. The lowest BCUT2D eigenvalue weighted by molar-refractivity contribution is -0.125. The number of rotatable bonds is 5. The first-order valence-corrected chi connectivity index (χ1v) is 6.60. The van der Waals surface area contributed by atoms with Gasteiger partial charge in [0.05, 0.1) is 29.8 Å². The SMILES string of the molecule is C[C@H](Cn1cc(Cl)cn1)C(=O)NC[C@@H]1CCCO1. The van der Waals surface area contributed by atoms with E-state index in [2.05, 4.69) is 10.4 Å². The molecule has 1 aliphatic heterocycles. The van der Waals surface area contributed by atoms with Crippen molar-refractivity contribution in [2.75, 3.05) is 13.2 Å². The van der Waals surface area contributed by atoms with Crippen molar-refractivity contribution in [3.63, 3.8) is 0 Å². The summed E-state index contributed by atoms with van der Waals surface area (Å²) in [5.41, 5.74) is 0. The fourth-order valence-electron chi connectivity index (χ4n) is 2.00. The molecule has 2 heterocycles. The van der Waals surface area contributed by atoms with Gasteiger partial charge in [-0.05, 0) is 12.8 Å². The Morgan fingerprint density at radius 2 is 2.61 bits per heavy atom. The molecule has 1 saturated heterocycles. The first kappa shape index (κ1) is 13.4. The van der Waals surface area contributed by atoms with Crippen LogP contribution in [-0.4, -0.2) is 34.9 Å². The zero-order valence-electron chi connectivity index (χ0n) is 10.4. The van der Waals surface area contributed by atoms with Gasteiger partial charge in [0.2, 0.25) is 5.91 Å². The topological polar surface area (TPSA) is 56.2 Å². The van der Waals surface area contributed by atoms with Crippen molar-refractivity contribution in [1.82, 2.24) is 15.1 Å². The third-order valence-electron chi connectivity index (χ3n) is 3.04. The van der Waals surface area contributed by atoms with Gasteiger partial charge in [-0.15, -0.1) is 0 Å². The van der Waals surface area contributed by atoms with E-state index in [1.165, 1.54) is 0 Å². The van der Waals surface area contributed by atoms with E-state index in [0.29, 0.717) is 18.1 Å². The predicted molar refractivity (Wildman–Crippen MR) is 68.4 cm³/mol. The molecule has 1 fully saturated rings. The van der Waals surface area contributed by atoms with Gasteiger partial charge in [0.1, 0.15) is 0 Å². The van der Waals surface area contributed by atoms with E-state index in [4.69, 9.17) is 16.3 Å². The number of nitrogens with one attached hydrogen (secondary N) is 1. The second-order valence-electron chi connectivity index (χ2n) is 4.66. The molecule has 2 rings (SSSR count). The number of halogens is 1. The number of aromatic nitrogens is 2. The average molecular weight is 272 g/mol. The van der Waals surface area contributed by atoms with Crippen molar-refractivity contribution < 1.29 is 9.53 Å². The van der Waals surface area contributed by atoms with Gasteiger partial charge in [0.15, 0.2) is 0 Å². The molecule has 5 nitrogen and oxygen atoms in total. The second-order valence-corrected chi connectivity index (χ2v) is 5.10. The zero-order valence-corrected chi connectivity index (χ0v) is 11.2. The van der Waals surface area contributed by atoms with Gasteiger partial charge in [0.25, 0.3) is 0 Å². The molecule has 0 bridgehead atoms. The molecule has 2 atom stereocenters. The third kappa shape index (κ3) is 3.71. The number of carbonyl (C=O) groups is 1. The normalized spacial score (nSPS) is 20.9. The van der Waals surface area contributed by atoms with E-state index in [0.717, 1.165) is 19.4 Å². The number of carbonyl (C=O) groups excluding carboxylic acids is 1. The van der Waals surface area contributed by atoms with E-state index < -0.39 is 0 Å². The highest BCUT2D eigenvalue weighted by Crippen LogP contribution is 2.11. The minimum absolute atomic E-state index is 0.0251. The van der Waals surface area contributed by atoms with Gasteiger partial charge in [-0.25, -0.2) is 0 Å². The van der Waals surface area contributed by atoms with Crippen LogP contribution in [0.3, 0.4) is 0 Å². The first-order valence-electron chi connectivity index (χ1n) is 6.22. The largest absolute Gasteiger partial charge is 0.376 e. The van der Waals surface area contributed by atoms with Crippen LogP contribution in [0.4, 0.5) is 0 Å². The molecule has 100 valence electrons. The van der Waals surface area contributed by atoms with E-state index >= 15 is 0 Å². The molecule has 0 unspecified atom stereocenters. The Bertz CT molecular complexity index is 402. The second kappa shape index (κ2) is 6.20. The van der Waals surface area contributed by atoms with Gasteiger partial charge in [0, 0.05) is 19.3 Å². The maximum absolute atomic E-state index is 11.9. The van der Waals surface area contributed by atoms with E-state index in [1.54, 1.807) is 17.1 Å². The number of nitrogens with zero attached hydrogens (tertiary/aromatic N) is 2.